The molecule has 0 saturated carbocycles. The Morgan fingerprint density at radius 1 is 1.42 bits per heavy atom. The average molecular weight is 328 g/mol. The maximum absolute atomic E-state index is 11.7. The van der Waals surface area contributed by atoms with Crippen LogP contribution in [0.15, 0.2) is 28.7 Å². The van der Waals surface area contributed by atoms with Gasteiger partial charge < -0.3 is 10.4 Å². The quantitative estimate of drug-likeness (QED) is 0.809. The molecule has 0 bridgehead atoms. The van der Waals surface area contributed by atoms with Gasteiger partial charge >= 0.3 is 0 Å². The lowest BCUT2D eigenvalue weighted by Gasteiger charge is -2.13. The normalized spacial score (nSPS) is 12.5. The Labute approximate surface area is 123 Å². The average Bonchev–Trinajstić information content (AvgIpc) is 2.33. The fourth-order valence-electron chi connectivity index (χ4n) is 1.90. The summed E-state index contributed by atoms with van der Waals surface area (Å²) in [5.41, 5.74) is 1.13. The largest absolute Gasteiger partial charge is 0.391 e. The molecule has 1 aromatic rings. The van der Waals surface area contributed by atoms with Crippen LogP contribution in [0, 0.1) is 5.92 Å². The zero-order valence-corrected chi connectivity index (χ0v) is 13.1. The number of hydrogen-bond donors (Lipinski definition) is 2. The summed E-state index contributed by atoms with van der Waals surface area (Å²) < 4.78 is 1.03. The van der Waals surface area contributed by atoms with Crippen molar-refractivity contribution in [1.82, 2.24) is 5.32 Å². The second-order valence-electron chi connectivity index (χ2n) is 5.22. The first kappa shape index (κ1) is 16.2. The summed E-state index contributed by atoms with van der Waals surface area (Å²) in [6.45, 7) is 4.45. The third kappa shape index (κ3) is 7.33. The Morgan fingerprint density at radius 3 is 2.79 bits per heavy atom. The second kappa shape index (κ2) is 8.33. The maximum atomic E-state index is 11.7. The first-order valence-electron chi connectivity index (χ1n) is 6.66. The zero-order valence-electron chi connectivity index (χ0n) is 11.5. The number of aryl methyl sites for hydroxylation is 1. The van der Waals surface area contributed by atoms with E-state index in [4.69, 9.17) is 0 Å². The van der Waals surface area contributed by atoms with Gasteiger partial charge in [0.15, 0.2) is 0 Å². The van der Waals surface area contributed by atoms with Crippen molar-refractivity contribution in [3.63, 3.8) is 0 Å². The molecule has 0 aromatic heterocycles. The smallest absolute Gasteiger partial charge is 0.220 e. The minimum absolute atomic E-state index is 0.0113. The van der Waals surface area contributed by atoms with Gasteiger partial charge in [-0.1, -0.05) is 41.9 Å². The van der Waals surface area contributed by atoms with Crippen molar-refractivity contribution in [3.8, 4) is 0 Å². The van der Waals surface area contributed by atoms with Crippen molar-refractivity contribution in [2.24, 2.45) is 5.92 Å². The van der Waals surface area contributed by atoms with Crippen LogP contribution in [0.5, 0.6) is 0 Å². The van der Waals surface area contributed by atoms with Gasteiger partial charge in [-0.15, -0.1) is 0 Å². The van der Waals surface area contributed by atoms with Crippen LogP contribution in [-0.4, -0.2) is 23.7 Å². The number of hydrogen-bond acceptors (Lipinski definition) is 2. The monoisotopic (exact) mass is 327 g/mol. The number of aliphatic hydroxyl groups excluding tert-OH is 1. The van der Waals surface area contributed by atoms with Crippen molar-refractivity contribution in [1.29, 1.82) is 0 Å². The van der Waals surface area contributed by atoms with E-state index in [0.29, 0.717) is 31.7 Å². The van der Waals surface area contributed by atoms with Gasteiger partial charge in [-0.25, -0.2) is 0 Å². The van der Waals surface area contributed by atoms with Gasteiger partial charge in [-0.3, -0.25) is 4.79 Å². The minimum atomic E-state index is -0.449. The highest BCUT2D eigenvalue weighted by Gasteiger charge is 2.09. The van der Waals surface area contributed by atoms with Crippen LogP contribution in [0.25, 0.3) is 0 Å². The molecular weight excluding hydrogens is 306 g/mol. The number of amides is 1. The molecule has 0 aliphatic heterocycles. The highest BCUT2D eigenvalue weighted by atomic mass is 79.9. The molecule has 0 heterocycles. The summed E-state index contributed by atoms with van der Waals surface area (Å²) in [6, 6.07) is 7.95. The van der Waals surface area contributed by atoms with Crippen molar-refractivity contribution >= 4 is 21.8 Å². The van der Waals surface area contributed by atoms with E-state index in [1.165, 1.54) is 0 Å². The van der Waals surface area contributed by atoms with Crippen LogP contribution in [0.3, 0.4) is 0 Å². The Hall–Kier alpha value is -0.870. The molecule has 2 N–H and O–H groups in total. The molecule has 1 atom stereocenters. The maximum Gasteiger partial charge on any atom is 0.220 e. The summed E-state index contributed by atoms with van der Waals surface area (Å²) in [5, 5.41) is 12.4. The number of carbonyl (C=O) groups is 1. The third-order valence-corrected chi connectivity index (χ3v) is 3.30. The molecule has 1 amide bonds. The van der Waals surface area contributed by atoms with Crippen LogP contribution >= 0.6 is 15.9 Å². The highest BCUT2D eigenvalue weighted by Crippen LogP contribution is 2.12. The topological polar surface area (TPSA) is 49.3 Å². The van der Waals surface area contributed by atoms with Crippen LogP contribution in [0.4, 0.5) is 0 Å². The van der Waals surface area contributed by atoms with E-state index in [0.717, 1.165) is 10.0 Å². The molecule has 0 aliphatic carbocycles. The van der Waals surface area contributed by atoms with Crippen LogP contribution in [0.2, 0.25) is 0 Å². The Bertz CT molecular complexity index is 407. The molecule has 0 radical (unpaired) electrons. The Kier molecular flexibility index (Phi) is 7.10. The van der Waals surface area contributed by atoms with Crippen molar-refractivity contribution in [2.75, 3.05) is 6.54 Å². The van der Waals surface area contributed by atoms with Crippen LogP contribution in [0.1, 0.15) is 32.3 Å². The first-order chi connectivity index (χ1) is 8.97. The highest BCUT2D eigenvalue weighted by molar-refractivity contribution is 9.10. The van der Waals surface area contributed by atoms with E-state index in [9.17, 15) is 9.90 Å². The Balaban J connectivity index is 2.25. The summed E-state index contributed by atoms with van der Waals surface area (Å²) in [4.78, 5) is 11.7. The number of aliphatic hydroxyl groups is 1. The SMILES string of the molecule is CC(C)CC(O)CNC(=O)CCc1cccc(Br)c1. The van der Waals surface area contributed by atoms with Gasteiger partial charge in [0.25, 0.3) is 0 Å². The summed E-state index contributed by atoms with van der Waals surface area (Å²) in [6.07, 6.45) is 1.43. The summed E-state index contributed by atoms with van der Waals surface area (Å²) in [7, 11) is 0. The molecule has 106 valence electrons. The third-order valence-electron chi connectivity index (χ3n) is 2.81. The fourth-order valence-corrected chi connectivity index (χ4v) is 2.34. The van der Waals surface area contributed by atoms with Gasteiger partial charge in [0.1, 0.15) is 0 Å². The Morgan fingerprint density at radius 2 is 2.16 bits per heavy atom. The van der Waals surface area contributed by atoms with Gasteiger partial charge in [0.2, 0.25) is 5.91 Å². The molecule has 0 fully saturated rings. The van der Waals surface area contributed by atoms with E-state index in [1.54, 1.807) is 0 Å². The molecule has 0 saturated heterocycles. The molecular formula is C15H22BrNO2. The molecule has 1 aromatic carbocycles. The number of carbonyl (C=O) groups excluding carboxylic acids is 1. The van der Waals surface area contributed by atoms with E-state index in [1.807, 2.05) is 24.3 Å². The van der Waals surface area contributed by atoms with Gasteiger partial charge in [0.05, 0.1) is 6.10 Å². The number of rotatable bonds is 7. The van der Waals surface area contributed by atoms with Gasteiger partial charge in [0, 0.05) is 17.4 Å². The molecule has 1 unspecified atom stereocenters. The van der Waals surface area contributed by atoms with Gasteiger partial charge in [-0.2, -0.15) is 0 Å². The standard InChI is InChI=1S/C15H22BrNO2/c1-11(2)8-14(18)10-17-15(19)7-6-12-4-3-5-13(16)9-12/h3-5,9,11,14,18H,6-8,10H2,1-2H3,(H,17,19). The molecule has 1 rings (SSSR count). The van der Waals surface area contributed by atoms with Crippen molar-refractivity contribution in [2.45, 2.75) is 39.2 Å². The van der Waals surface area contributed by atoms with Crippen LogP contribution in [-0.2, 0) is 11.2 Å². The number of benzene rings is 1. The van der Waals surface area contributed by atoms with E-state index >= 15 is 0 Å². The molecule has 0 spiro atoms. The van der Waals surface area contributed by atoms with E-state index in [-0.39, 0.29) is 5.91 Å². The number of nitrogens with one attached hydrogen (secondary N) is 1. The van der Waals surface area contributed by atoms with Crippen molar-refractivity contribution < 1.29 is 9.90 Å². The molecule has 4 heteroatoms. The fraction of sp³-hybridized carbons (Fsp3) is 0.533. The van der Waals surface area contributed by atoms with Gasteiger partial charge in [-0.05, 0) is 36.5 Å². The minimum Gasteiger partial charge on any atom is -0.391 e. The predicted octanol–water partition coefficient (Wildman–Crippen LogP) is 2.90. The van der Waals surface area contributed by atoms with E-state index < -0.39 is 6.10 Å². The van der Waals surface area contributed by atoms with Crippen molar-refractivity contribution in [3.05, 3.63) is 34.3 Å². The lowest BCUT2D eigenvalue weighted by Crippen LogP contribution is -2.32. The lowest BCUT2D eigenvalue weighted by atomic mass is 10.1. The molecule has 3 nitrogen and oxygen atoms in total. The predicted molar refractivity (Wildman–Crippen MR) is 80.9 cm³/mol. The molecule has 0 aliphatic rings. The lowest BCUT2D eigenvalue weighted by molar-refractivity contribution is -0.121. The van der Waals surface area contributed by atoms with E-state index in [2.05, 4.69) is 35.1 Å². The second-order valence-corrected chi connectivity index (χ2v) is 6.13. The molecule has 19 heavy (non-hydrogen) atoms. The summed E-state index contributed by atoms with van der Waals surface area (Å²) >= 11 is 3.41. The first-order valence-corrected chi connectivity index (χ1v) is 7.46. The number of halogens is 1. The zero-order chi connectivity index (χ0) is 14.3. The van der Waals surface area contributed by atoms with Crippen LogP contribution < -0.4 is 5.32 Å². The summed E-state index contributed by atoms with van der Waals surface area (Å²) in [5.74, 6) is 0.427.